The van der Waals surface area contributed by atoms with Crippen LogP contribution in [0.15, 0.2) is 27.9 Å². The van der Waals surface area contributed by atoms with Gasteiger partial charge in [0, 0.05) is 18.4 Å². The van der Waals surface area contributed by atoms with Gasteiger partial charge >= 0.3 is 0 Å². The van der Waals surface area contributed by atoms with E-state index in [0.29, 0.717) is 30.0 Å². The summed E-state index contributed by atoms with van der Waals surface area (Å²) in [6.07, 6.45) is 3.00. The maximum Gasteiger partial charge on any atom is 0.270 e. The van der Waals surface area contributed by atoms with Crippen LogP contribution in [0.25, 0.3) is 0 Å². The molecule has 0 aliphatic carbocycles. The number of aromatic nitrogens is 3. The Bertz CT molecular complexity index is 990. The maximum absolute atomic E-state index is 12.9. The number of ether oxygens (including phenoxy) is 1. The zero-order valence-electron chi connectivity index (χ0n) is 15.2. The number of carbonyl (C=O) groups is 1. The minimum atomic E-state index is -0.512. The second-order valence-corrected chi connectivity index (χ2v) is 8.62. The van der Waals surface area contributed by atoms with Gasteiger partial charge in [0.25, 0.3) is 11.1 Å². The molecule has 2 aliphatic rings. The van der Waals surface area contributed by atoms with Gasteiger partial charge in [0.1, 0.15) is 5.82 Å². The van der Waals surface area contributed by atoms with Gasteiger partial charge in [0.05, 0.1) is 28.2 Å². The summed E-state index contributed by atoms with van der Waals surface area (Å²) in [6, 6.07) is 3.43. The average molecular weight is 390 g/mol. The molecular formula is C18H22N4O4S. The lowest BCUT2D eigenvalue weighted by Gasteiger charge is -2.36. The largest absolute Gasteiger partial charge is 0.375 e. The molecule has 1 saturated heterocycles. The highest BCUT2D eigenvalue weighted by atomic mass is 32.2. The van der Waals surface area contributed by atoms with Gasteiger partial charge in [-0.2, -0.15) is 0 Å². The summed E-state index contributed by atoms with van der Waals surface area (Å²) in [5, 5.41) is 5.26. The Hall–Kier alpha value is -2.26. The number of rotatable bonds is 2. The highest BCUT2D eigenvalue weighted by molar-refractivity contribution is 8.00. The topological polar surface area (TPSA) is 109 Å². The van der Waals surface area contributed by atoms with Gasteiger partial charge in [0.2, 0.25) is 5.91 Å². The molecule has 2 aromatic heterocycles. The normalized spacial score (nSPS) is 24.7. The fourth-order valence-electron chi connectivity index (χ4n) is 3.82. The lowest BCUT2D eigenvalue weighted by Crippen LogP contribution is -2.36. The predicted molar refractivity (Wildman–Crippen MR) is 103 cm³/mol. The summed E-state index contributed by atoms with van der Waals surface area (Å²) >= 11 is 1.29. The highest BCUT2D eigenvalue weighted by Crippen LogP contribution is 2.41. The monoisotopic (exact) mass is 390 g/mol. The van der Waals surface area contributed by atoms with E-state index in [1.54, 1.807) is 23.0 Å². The van der Waals surface area contributed by atoms with E-state index in [9.17, 15) is 14.4 Å². The Morgan fingerprint density at radius 3 is 2.81 bits per heavy atom. The number of carbonyl (C=O) groups excluding carboxylic acids is 1. The first-order valence-electron chi connectivity index (χ1n) is 8.93. The molecule has 2 aliphatic heterocycles. The first-order chi connectivity index (χ1) is 12.9. The van der Waals surface area contributed by atoms with Crippen molar-refractivity contribution in [3.63, 3.8) is 0 Å². The first kappa shape index (κ1) is 18.1. The minimum absolute atomic E-state index is 0.00306. The molecule has 1 amide bonds. The molecule has 4 rings (SSSR count). The smallest absolute Gasteiger partial charge is 0.270 e. The van der Waals surface area contributed by atoms with Crippen molar-refractivity contribution in [3.05, 3.63) is 50.2 Å². The van der Waals surface area contributed by atoms with Crippen LogP contribution in [0.1, 0.15) is 49.1 Å². The van der Waals surface area contributed by atoms with Gasteiger partial charge in [-0.05, 0) is 32.8 Å². The second kappa shape index (κ2) is 6.72. The SMILES string of the molecule is CC1(C)C[C@@H](n2[nH]c(=O)c3c2NC(=O)CS[C@@H]3c2ccc[nH]c2=O)CCO1. The number of hydrogen-bond donors (Lipinski definition) is 3. The van der Waals surface area contributed by atoms with E-state index in [0.717, 1.165) is 6.42 Å². The van der Waals surface area contributed by atoms with Gasteiger partial charge < -0.3 is 15.0 Å². The van der Waals surface area contributed by atoms with Crippen molar-refractivity contribution in [1.82, 2.24) is 14.8 Å². The van der Waals surface area contributed by atoms with Crippen molar-refractivity contribution in [2.75, 3.05) is 17.7 Å². The van der Waals surface area contributed by atoms with E-state index in [1.807, 2.05) is 13.8 Å². The standard InChI is InChI=1S/C18H22N4O4S/c1-18(2)8-10(5-7-26-18)22-15-13(17(25)21-22)14(27-9-12(23)20-15)11-4-3-6-19-16(11)24/h3-4,6,10,14H,5,7-9H2,1-2H3,(H,19,24)(H,20,23)(H,21,25)/t10-,14+/m0/s1. The van der Waals surface area contributed by atoms with Crippen molar-refractivity contribution < 1.29 is 9.53 Å². The van der Waals surface area contributed by atoms with Gasteiger partial charge in [-0.3, -0.25) is 24.2 Å². The van der Waals surface area contributed by atoms with Crippen LogP contribution in [0, 0.1) is 0 Å². The van der Waals surface area contributed by atoms with Crippen LogP contribution < -0.4 is 16.4 Å². The van der Waals surface area contributed by atoms with Gasteiger partial charge in [-0.25, -0.2) is 0 Å². The summed E-state index contributed by atoms with van der Waals surface area (Å²) in [6.45, 7) is 4.61. The molecule has 0 unspecified atom stereocenters. The molecule has 2 aromatic rings. The highest BCUT2D eigenvalue weighted by Gasteiger charge is 2.36. The van der Waals surface area contributed by atoms with Crippen LogP contribution in [-0.4, -0.2) is 38.6 Å². The number of aromatic amines is 2. The molecule has 9 heteroatoms. The minimum Gasteiger partial charge on any atom is -0.375 e. The summed E-state index contributed by atoms with van der Waals surface area (Å²) in [5.41, 5.74) is 0.0470. The lowest BCUT2D eigenvalue weighted by atomic mass is 9.94. The number of nitrogens with one attached hydrogen (secondary N) is 3. The molecule has 1 fully saturated rings. The van der Waals surface area contributed by atoms with E-state index in [2.05, 4.69) is 15.4 Å². The number of thioether (sulfide) groups is 1. The van der Waals surface area contributed by atoms with Crippen molar-refractivity contribution in [2.45, 2.75) is 43.6 Å². The van der Waals surface area contributed by atoms with Crippen molar-refractivity contribution in [2.24, 2.45) is 0 Å². The summed E-state index contributed by atoms with van der Waals surface area (Å²) in [7, 11) is 0. The molecule has 4 heterocycles. The molecule has 27 heavy (non-hydrogen) atoms. The van der Waals surface area contributed by atoms with Gasteiger partial charge in [-0.15, -0.1) is 11.8 Å². The molecule has 0 aromatic carbocycles. The Labute approximate surface area is 159 Å². The first-order valence-corrected chi connectivity index (χ1v) is 9.98. The van der Waals surface area contributed by atoms with E-state index in [4.69, 9.17) is 4.74 Å². The third kappa shape index (κ3) is 3.37. The number of H-pyrrole nitrogens is 2. The average Bonchev–Trinajstić information content (AvgIpc) is 2.81. The molecule has 3 N–H and O–H groups in total. The van der Waals surface area contributed by atoms with Crippen LogP contribution in [0.3, 0.4) is 0 Å². The van der Waals surface area contributed by atoms with Crippen molar-refractivity contribution >= 4 is 23.5 Å². The number of nitrogens with zero attached hydrogens (tertiary/aromatic N) is 1. The molecule has 2 atom stereocenters. The van der Waals surface area contributed by atoms with Gasteiger partial charge in [-0.1, -0.05) is 6.07 Å². The van der Waals surface area contributed by atoms with Crippen LogP contribution >= 0.6 is 11.8 Å². The molecule has 0 radical (unpaired) electrons. The van der Waals surface area contributed by atoms with E-state index < -0.39 is 5.25 Å². The number of anilines is 1. The van der Waals surface area contributed by atoms with Crippen molar-refractivity contribution in [3.8, 4) is 0 Å². The van der Waals surface area contributed by atoms with E-state index in [1.165, 1.54) is 11.8 Å². The van der Waals surface area contributed by atoms with Crippen LogP contribution in [0.5, 0.6) is 0 Å². The Kier molecular flexibility index (Phi) is 4.51. The fourth-order valence-corrected chi connectivity index (χ4v) is 4.97. The Morgan fingerprint density at radius 2 is 2.07 bits per heavy atom. The van der Waals surface area contributed by atoms with Crippen LogP contribution in [0.4, 0.5) is 5.82 Å². The van der Waals surface area contributed by atoms with Crippen molar-refractivity contribution in [1.29, 1.82) is 0 Å². The summed E-state index contributed by atoms with van der Waals surface area (Å²) < 4.78 is 7.54. The second-order valence-electron chi connectivity index (χ2n) is 7.52. The van der Waals surface area contributed by atoms with Crippen LogP contribution in [0.2, 0.25) is 0 Å². The molecule has 144 valence electrons. The molecule has 0 spiro atoms. The van der Waals surface area contributed by atoms with E-state index >= 15 is 0 Å². The zero-order chi connectivity index (χ0) is 19.2. The Balaban J connectivity index is 1.84. The molecule has 0 saturated carbocycles. The van der Waals surface area contributed by atoms with Gasteiger partial charge in [0.15, 0.2) is 0 Å². The third-order valence-corrected chi connectivity index (χ3v) is 6.28. The number of pyridine rings is 1. The third-order valence-electron chi connectivity index (χ3n) is 5.03. The molecular weight excluding hydrogens is 368 g/mol. The Morgan fingerprint density at radius 1 is 1.26 bits per heavy atom. The molecule has 8 nitrogen and oxygen atoms in total. The number of hydrogen-bond acceptors (Lipinski definition) is 5. The summed E-state index contributed by atoms with van der Waals surface area (Å²) in [4.78, 5) is 40.1. The molecule has 0 bridgehead atoms. The zero-order valence-corrected chi connectivity index (χ0v) is 16.0. The van der Waals surface area contributed by atoms with E-state index in [-0.39, 0.29) is 34.4 Å². The fraction of sp³-hybridized carbons (Fsp3) is 0.500. The maximum atomic E-state index is 12.9. The number of amides is 1. The quantitative estimate of drug-likeness (QED) is 0.724. The number of fused-ring (bicyclic) bond motifs is 1. The lowest BCUT2D eigenvalue weighted by molar-refractivity contribution is -0.113. The predicted octanol–water partition coefficient (Wildman–Crippen LogP) is 1.77. The van der Waals surface area contributed by atoms with Crippen LogP contribution in [-0.2, 0) is 9.53 Å². The summed E-state index contributed by atoms with van der Waals surface area (Å²) in [5.74, 6) is 0.452.